The van der Waals surface area contributed by atoms with Crippen LogP contribution in [-0.4, -0.2) is 80.6 Å². The molecule has 0 amide bonds. The fraction of sp³-hybridized carbons (Fsp3) is 0.810. The molecule has 0 bridgehead atoms. The molecule has 1 aromatic rings. The lowest BCUT2D eigenvalue weighted by Gasteiger charge is -2.29. The van der Waals surface area contributed by atoms with Gasteiger partial charge in [0.15, 0.2) is 0 Å². The molecule has 2 N–H and O–H groups in total. The minimum atomic E-state index is -0.770. The monoisotopic (exact) mass is 408 g/mol. The Hall–Kier alpha value is -1.48. The van der Waals surface area contributed by atoms with Gasteiger partial charge in [0.1, 0.15) is 0 Å². The van der Waals surface area contributed by atoms with E-state index in [0.29, 0.717) is 18.8 Å². The summed E-state index contributed by atoms with van der Waals surface area (Å²) in [7, 11) is 0. The summed E-state index contributed by atoms with van der Waals surface area (Å²) < 4.78 is 2.57. The molecule has 3 rings (SSSR count). The summed E-state index contributed by atoms with van der Waals surface area (Å²) in [5, 5.41) is 21.0. The Balaban J connectivity index is 1.66. The van der Waals surface area contributed by atoms with E-state index >= 15 is 0 Å². The van der Waals surface area contributed by atoms with Crippen molar-refractivity contribution < 1.29 is 10.2 Å². The van der Waals surface area contributed by atoms with Gasteiger partial charge in [0.2, 0.25) is 0 Å². The van der Waals surface area contributed by atoms with E-state index < -0.39 is 23.5 Å². The molecule has 0 spiro atoms. The Morgan fingerprint density at radius 1 is 0.759 bits per heavy atom. The van der Waals surface area contributed by atoms with Crippen LogP contribution in [-0.2, 0) is 13.1 Å². The average molecular weight is 409 g/mol. The third-order valence-corrected chi connectivity index (χ3v) is 6.11. The summed E-state index contributed by atoms with van der Waals surface area (Å²) in [5.74, 6) is 0. The van der Waals surface area contributed by atoms with Crippen LogP contribution in [0.2, 0.25) is 0 Å². The zero-order valence-electron chi connectivity index (χ0n) is 17.6. The third kappa shape index (κ3) is 6.25. The van der Waals surface area contributed by atoms with Crippen molar-refractivity contribution in [1.82, 2.24) is 18.9 Å². The van der Waals surface area contributed by atoms with Gasteiger partial charge >= 0.3 is 5.69 Å². The van der Waals surface area contributed by atoms with Crippen molar-refractivity contribution in [2.45, 2.75) is 70.7 Å². The molecule has 2 aliphatic heterocycles. The number of aromatic nitrogens is 2. The minimum absolute atomic E-state index is 0.0172. The topological polar surface area (TPSA) is 90.9 Å². The van der Waals surface area contributed by atoms with Gasteiger partial charge in [-0.05, 0) is 58.8 Å². The standard InChI is InChI=1S/C21H36N4O4/c1-17-12-20(28)25(16-19(27)14-23-10-6-3-7-11-23)21(29)24(17)15-18(26)13-22-8-4-2-5-9-22/h12,18-19,26-27H,2-11,13-16H2,1H3. The summed E-state index contributed by atoms with van der Waals surface area (Å²) >= 11 is 0. The van der Waals surface area contributed by atoms with Gasteiger partial charge in [-0.25, -0.2) is 4.79 Å². The van der Waals surface area contributed by atoms with Crippen molar-refractivity contribution in [3.8, 4) is 0 Å². The average Bonchev–Trinajstić information content (AvgIpc) is 2.70. The molecule has 29 heavy (non-hydrogen) atoms. The fourth-order valence-corrected chi connectivity index (χ4v) is 4.53. The molecule has 2 atom stereocenters. The number of nitrogens with zero attached hydrogens (tertiary/aromatic N) is 4. The van der Waals surface area contributed by atoms with Crippen LogP contribution in [0.15, 0.2) is 15.7 Å². The number of β-amino-alcohol motifs (C(OH)–C–C–N with tert-alkyl or cyclic N) is 2. The Morgan fingerprint density at radius 3 is 1.69 bits per heavy atom. The maximum Gasteiger partial charge on any atom is 0.331 e. The van der Waals surface area contributed by atoms with E-state index in [0.717, 1.165) is 56.4 Å². The van der Waals surface area contributed by atoms with Gasteiger partial charge < -0.3 is 20.0 Å². The van der Waals surface area contributed by atoms with Gasteiger partial charge in [-0.15, -0.1) is 0 Å². The Labute approximate surface area is 172 Å². The van der Waals surface area contributed by atoms with Gasteiger partial charge in [0.25, 0.3) is 5.56 Å². The highest BCUT2D eigenvalue weighted by molar-refractivity contribution is 5.01. The van der Waals surface area contributed by atoms with Crippen LogP contribution in [0.4, 0.5) is 0 Å². The number of aliphatic hydroxyl groups excluding tert-OH is 2. The number of rotatable bonds is 8. The Kier molecular flexibility index (Phi) is 8.06. The molecule has 2 saturated heterocycles. The predicted octanol–water partition coefficient (Wildman–Crippen LogP) is 0.0120. The molecule has 0 aromatic carbocycles. The number of hydrogen-bond donors (Lipinski definition) is 2. The molecule has 8 heteroatoms. The van der Waals surface area contributed by atoms with Crippen molar-refractivity contribution in [2.75, 3.05) is 39.3 Å². The van der Waals surface area contributed by atoms with E-state index in [1.807, 2.05) is 0 Å². The third-order valence-electron chi connectivity index (χ3n) is 6.11. The summed E-state index contributed by atoms with van der Waals surface area (Å²) in [5.41, 5.74) is -0.309. The SMILES string of the molecule is Cc1cc(=O)n(CC(O)CN2CCCCC2)c(=O)n1CC(O)CN1CCCCC1. The van der Waals surface area contributed by atoms with E-state index in [1.54, 1.807) is 6.92 Å². The second-order valence-electron chi connectivity index (χ2n) is 8.66. The number of likely N-dealkylation sites (tertiary alicyclic amines) is 2. The summed E-state index contributed by atoms with van der Waals surface area (Å²) in [6.45, 7) is 6.71. The first-order valence-corrected chi connectivity index (χ1v) is 11.1. The summed E-state index contributed by atoms with van der Waals surface area (Å²) in [4.78, 5) is 29.8. The molecule has 164 valence electrons. The quantitative estimate of drug-likeness (QED) is 0.630. The second-order valence-corrected chi connectivity index (χ2v) is 8.66. The van der Waals surface area contributed by atoms with Crippen LogP contribution >= 0.6 is 0 Å². The highest BCUT2D eigenvalue weighted by atomic mass is 16.3. The van der Waals surface area contributed by atoms with Gasteiger partial charge in [0.05, 0.1) is 25.3 Å². The number of aryl methyl sites for hydroxylation is 1. The van der Waals surface area contributed by atoms with E-state index in [-0.39, 0.29) is 13.1 Å². The molecule has 2 unspecified atom stereocenters. The first kappa shape index (κ1) is 22.2. The Bertz CT molecular complexity index is 763. The van der Waals surface area contributed by atoms with E-state index in [4.69, 9.17) is 0 Å². The highest BCUT2D eigenvalue weighted by Crippen LogP contribution is 2.10. The molecular weight excluding hydrogens is 372 g/mol. The van der Waals surface area contributed by atoms with Crippen LogP contribution in [0.25, 0.3) is 0 Å². The van der Waals surface area contributed by atoms with Gasteiger partial charge in [-0.3, -0.25) is 13.9 Å². The maximum absolute atomic E-state index is 12.9. The molecule has 3 heterocycles. The van der Waals surface area contributed by atoms with E-state index in [9.17, 15) is 19.8 Å². The molecular formula is C21H36N4O4. The van der Waals surface area contributed by atoms with E-state index in [1.165, 1.54) is 23.5 Å². The lowest BCUT2D eigenvalue weighted by molar-refractivity contribution is 0.0810. The fourth-order valence-electron chi connectivity index (χ4n) is 4.53. The highest BCUT2D eigenvalue weighted by Gasteiger charge is 2.20. The van der Waals surface area contributed by atoms with Crippen molar-refractivity contribution in [3.05, 3.63) is 32.6 Å². The first-order valence-electron chi connectivity index (χ1n) is 11.1. The molecule has 0 saturated carbocycles. The van der Waals surface area contributed by atoms with Crippen LogP contribution in [0, 0.1) is 6.92 Å². The molecule has 0 aliphatic carbocycles. The normalized spacial score (nSPS) is 21.2. The predicted molar refractivity (Wildman–Crippen MR) is 112 cm³/mol. The zero-order valence-corrected chi connectivity index (χ0v) is 17.6. The summed E-state index contributed by atoms with van der Waals surface area (Å²) in [6.07, 6.45) is 5.54. The largest absolute Gasteiger partial charge is 0.390 e. The Morgan fingerprint density at radius 2 is 1.21 bits per heavy atom. The van der Waals surface area contributed by atoms with Gasteiger partial charge in [0, 0.05) is 24.8 Å². The van der Waals surface area contributed by atoms with Crippen LogP contribution in [0.5, 0.6) is 0 Å². The molecule has 2 aliphatic rings. The maximum atomic E-state index is 12.9. The lowest BCUT2D eigenvalue weighted by Crippen LogP contribution is -2.47. The smallest absolute Gasteiger partial charge is 0.331 e. The van der Waals surface area contributed by atoms with Crippen LogP contribution in [0.3, 0.4) is 0 Å². The molecule has 8 nitrogen and oxygen atoms in total. The first-order chi connectivity index (χ1) is 13.9. The lowest BCUT2D eigenvalue weighted by atomic mass is 10.1. The van der Waals surface area contributed by atoms with Crippen molar-refractivity contribution in [2.24, 2.45) is 0 Å². The second kappa shape index (κ2) is 10.5. The van der Waals surface area contributed by atoms with Crippen molar-refractivity contribution in [3.63, 3.8) is 0 Å². The number of piperidine rings is 2. The van der Waals surface area contributed by atoms with Crippen molar-refractivity contribution >= 4 is 0 Å². The van der Waals surface area contributed by atoms with E-state index in [2.05, 4.69) is 9.80 Å². The minimum Gasteiger partial charge on any atom is -0.390 e. The summed E-state index contributed by atoms with van der Waals surface area (Å²) in [6, 6.07) is 1.42. The number of aliphatic hydroxyl groups is 2. The number of hydrogen-bond acceptors (Lipinski definition) is 6. The zero-order chi connectivity index (χ0) is 20.8. The van der Waals surface area contributed by atoms with Crippen molar-refractivity contribution in [1.29, 1.82) is 0 Å². The molecule has 2 fully saturated rings. The van der Waals surface area contributed by atoms with Gasteiger partial charge in [-0.2, -0.15) is 0 Å². The van der Waals surface area contributed by atoms with Crippen LogP contribution in [0.1, 0.15) is 44.2 Å². The van der Waals surface area contributed by atoms with Gasteiger partial charge in [-0.1, -0.05) is 12.8 Å². The molecule has 0 radical (unpaired) electrons. The molecule has 1 aromatic heterocycles. The van der Waals surface area contributed by atoms with Crippen LogP contribution < -0.4 is 11.2 Å².